The molecule has 0 saturated heterocycles. The topological polar surface area (TPSA) is 26.3 Å². The van der Waals surface area contributed by atoms with Gasteiger partial charge in [0.1, 0.15) is 5.75 Å². The number of benzene rings is 1. The van der Waals surface area contributed by atoms with Gasteiger partial charge < -0.3 is 4.43 Å². The van der Waals surface area contributed by atoms with Crippen molar-refractivity contribution in [2.24, 2.45) is 0 Å². The molecule has 3 heteroatoms. The number of aldehydes is 1. The maximum Gasteiger partial charge on any atom is 0.250 e. The van der Waals surface area contributed by atoms with Gasteiger partial charge in [-0.3, -0.25) is 4.79 Å². The zero-order valence-electron chi connectivity index (χ0n) is 11.6. The molecule has 1 rings (SSSR count). The molecule has 0 bridgehead atoms. The Morgan fingerprint density at radius 1 is 1.24 bits per heavy atom. The molecule has 0 saturated carbocycles. The molecule has 0 N–H and O–H groups in total. The fraction of sp³-hybridized carbons (Fsp3) is 0.500. The Morgan fingerprint density at radius 3 is 2.29 bits per heavy atom. The largest absolute Gasteiger partial charge is 0.543 e. The summed E-state index contributed by atoms with van der Waals surface area (Å²) < 4.78 is 6.15. The summed E-state index contributed by atoms with van der Waals surface area (Å²) in [5.41, 5.74) is 1.73. The quantitative estimate of drug-likeness (QED) is 0.594. The Kier molecular flexibility index (Phi) is 3.82. The van der Waals surface area contributed by atoms with Crippen molar-refractivity contribution < 1.29 is 9.22 Å². The number of hydrogen-bond acceptors (Lipinski definition) is 2. The van der Waals surface area contributed by atoms with Crippen LogP contribution in [0.3, 0.4) is 0 Å². The van der Waals surface area contributed by atoms with Gasteiger partial charge in [0.25, 0.3) is 8.32 Å². The molecule has 0 aromatic heterocycles. The Labute approximate surface area is 105 Å². The SMILES string of the molecule is Cc1ccc(O[Si](C)(C)C(C)(C)C)c(C=O)c1. The van der Waals surface area contributed by atoms with E-state index >= 15 is 0 Å². The third-order valence-electron chi connectivity index (χ3n) is 3.46. The van der Waals surface area contributed by atoms with Crippen molar-refractivity contribution in [3.8, 4) is 5.75 Å². The van der Waals surface area contributed by atoms with E-state index in [1.807, 2.05) is 25.1 Å². The molecule has 0 unspecified atom stereocenters. The van der Waals surface area contributed by atoms with E-state index in [2.05, 4.69) is 33.9 Å². The molecule has 1 aromatic rings. The van der Waals surface area contributed by atoms with E-state index in [0.29, 0.717) is 5.56 Å². The van der Waals surface area contributed by atoms with Gasteiger partial charge in [0.2, 0.25) is 0 Å². The summed E-state index contributed by atoms with van der Waals surface area (Å²) in [6, 6.07) is 5.75. The van der Waals surface area contributed by atoms with Gasteiger partial charge in [0, 0.05) is 0 Å². The summed E-state index contributed by atoms with van der Waals surface area (Å²) in [5.74, 6) is 0.720. The van der Waals surface area contributed by atoms with Gasteiger partial charge in [-0.15, -0.1) is 0 Å². The first-order valence-electron chi connectivity index (χ1n) is 5.92. The number of carbonyl (C=O) groups excluding carboxylic acids is 1. The number of rotatable bonds is 3. The monoisotopic (exact) mass is 250 g/mol. The molecule has 0 radical (unpaired) electrons. The van der Waals surface area contributed by atoms with Crippen LogP contribution in [0.1, 0.15) is 36.7 Å². The van der Waals surface area contributed by atoms with Gasteiger partial charge in [-0.2, -0.15) is 0 Å². The third kappa shape index (κ3) is 3.19. The van der Waals surface area contributed by atoms with E-state index in [4.69, 9.17) is 4.43 Å². The number of carbonyl (C=O) groups is 1. The molecule has 94 valence electrons. The van der Waals surface area contributed by atoms with Crippen molar-refractivity contribution in [1.82, 2.24) is 0 Å². The maximum absolute atomic E-state index is 11.1. The van der Waals surface area contributed by atoms with Crippen LogP contribution in [0.15, 0.2) is 18.2 Å². The molecule has 0 aliphatic carbocycles. The zero-order chi connectivity index (χ0) is 13.3. The third-order valence-corrected chi connectivity index (χ3v) is 7.81. The summed E-state index contributed by atoms with van der Waals surface area (Å²) >= 11 is 0. The summed E-state index contributed by atoms with van der Waals surface area (Å²) in [6.45, 7) is 12.9. The zero-order valence-corrected chi connectivity index (χ0v) is 12.6. The molecule has 0 aliphatic rings. The lowest BCUT2D eigenvalue weighted by molar-refractivity contribution is 0.112. The molecular formula is C14H22O2Si. The van der Waals surface area contributed by atoms with Crippen LogP contribution >= 0.6 is 0 Å². The van der Waals surface area contributed by atoms with Gasteiger partial charge in [0.15, 0.2) is 6.29 Å². The molecule has 17 heavy (non-hydrogen) atoms. The van der Waals surface area contributed by atoms with E-state index in [-0.39, 0.29) is 5.04 Å². The highest BCUT2D eigenvalue weighted by molar-refractivity contribution is 6.74. The van der Waals surface area contributed by atoms with Crippen molar-refractivity contribution in [3.63, 3.8) is 0 Å². The molecule has 1 aromatic carbocycles. The van der Waals surface area contributed by atoms with E-state index < -0.39 is 8.32 Å². The summed E-state index contributed by atoms with van der Waals surface area (Å²) in [4.78, 5) is 11.1. The second kappa shape index (κ2) is 4.65. The van der Waals surface area contributed by atoms with Gasteiger partial charge in [-0.25, -0.2) is 0 Å². The minimum Gasteiger partial charge on any atom is -0.543 e. The fourth-order valence-corrected chi connectivity index (χ4v) is 2.32. The van der Waals surface area contributed by atoms with Crippen molar-refractivity contribution in [2.45, 2.75) is 45.8 Å². The second-order valence-electron chi connectivity index (χ2n) is 6.02. The van der Waals surface area contributed by atoms with Crippen LogP contribution in [0, 0.1) is 6.92 Å². The number of hydrogen-bond donors (Lipinski definition) is 0. The summed E-state index contributed by atoms with van der Waals surface area (Å²) in [5, 5.41) is 0.137. The molecule has 0 aliphatic heterocycles. The van der Waals surface area contributed by atoms with Gasteiger partial charge >= 0.3 is 0 Å². The normalized spacial score (nSPS) is 12.4. The molecular weight excluding hydrogens is 228 g/mol. The Morgan fingerprint density at radius 2 is 1.82 bits per heavy atom. The Hall–Kier alpha value is -1.09. The highest BCUT2D eigenvalue weighted by Gasteiger charge is 2.39. The van der Waals surface area contributed by atoms with Crippen molar-refractivity contribution in [1.29, 1.82) is 0 Å². The molecule has 0 atom stereocenters. The Bertz CT molecular complexity index is 417. The average Bonchev–Trinajstić information content (AvgIpc) is 2.18. The number of aryl methyl sites for hydroxylation is 1. The summed E-state index contributed by atoms with van der Waals surface area (Å²) in [7, 11) is -1.87. The van der Waals surface area contributed by atoms with Crippen LogP contribution in [-0.2, 0) is 0 Å². The predicted molar refractivity (Wildman–Crippen MR) is 74.4 cm³/mol. The molecule has 0 amide bonds. The first kappa shape index (κ1) is 14.0. The van der Waals surface area contributed by atoms with Gasteiger partial charge in [-0.05, 0) is 37.2 Å². The average molecular weight is 250 g/mol. The second-order valence-corrected chi connectivity index (χ2v) is 10.7. The van der Waals surface area contributed by atoms with E-state index in [1.54, 1.807) is 0 Å². The molecule has 0 heterocycles. The molecule has 0 spiro atoms. The smallest absolute Gasteiger partial charge is 0.250 e. The van der Waals surface area contributed by atoms with Crippen LogP contribution in [0.5, 0.6) is 5.75 Å². The maximum atomic E-state index is 11.1. The van der Waals surface area contributed by atoms with Gasteiger partial charge in [-0.1, -0.05) is 32.4 Å². The van der Waals surface area contributed by atoms with Crippen LogP contribution in [0.25, 0.3) is 0 Å². The molecule has 0 fully saturated rings. The lowest BCUT2D eigenvalue weighted by Gasteiger charge is -2.36. The fourth-order valence-electron chi connectivity index (χ4n) is 1.28. The van der Waals surface area contributed by atoms with Crippen LogP contribution in [-0.4, -0.2) is 14.6 Å². The summed E-state index contributed by atoms with van der Waals surface area (Å²) in [6.07, 6.45) is 0.871. The van der Waals surface area contributed by atoms with Crippen LogP contribution in [0.4, 0.5) is 0 Å². The van der Waals surface area contributed by atoms with E-state index in [0.717, 1.165) is 17.6 Å². The molecule has 2 nitrogen and oxygen atoms in total. The van der Waals surface area contributed by atoms with E-state index in [9.17, 15) is 4.79 Å². The van der Waals surface area contributed by atoms with Crippen molar-refractivity contribution in [2.75, 3.05) is 0 Å². The lowest BCUT2D eigenvalue weighted by Crippen LogP contribution is -2.44. The van der Waals surface area contributed by atoms with Crippen molar-refractivity contribution in [3.05, 3.63) is 29.3 Å². The highest BCUT2D eigenvalue weighted by Crippen LogP contribution is 2.38. The van der Waals surface area contributed by atoms with Crippen molar-refractivity contribution >= 4 is 14.6 Å². The standard InChI is InChI=1S/C14H22O2Si/c1-11-7-8-13(12(9-11)10-15)16-17(5,6)14(2,3)4/h7-10H,1-6H3. The predicted octanol–water partition coefficient (Wildman–Crippen LogP) is 4.19. The van der Waals surface area contributed by atoms with Crippen LogP contribution in [0.2, 0.25) is 18.1 Å². The Balaban J connectivity index is 3.07. The lowest BCUT2D eigenvalue weighted by atomic mass is 10.1. The van der Waals surface area contributed by atoms with Crippen LogP contribution < -0.4 is 4.43 Å². The van der Waals surface area contributed by atoms with E-state index in [1.165, 1.54) is 0 Å². The highest BCUT2D eigenvalue weighted by atomic mass is 28.4. The first-order chi connectivity index (χ1) is 7.67. The minimum absolute atomic E-state index is 0.137. The first-order valence-corrected chi connectivity index (χ1v) is 8.83. The minimum atomic E-state index is -1.87. The van der Waals surface area contributed by atoms with Gasteiger partial charge in [0.05, 0.1) is 5.56 Å².